The predicted octanol–water partition coefficient (Wildman–Crippen LogP) is 2.88. The van der Waals surface area contributed by atoms with Gasteiger partial charge in [0, 0.05) is 25.1 Å². The maximum Gasteiger partial charge on any atom is 0.251 e. The third kappa shape index (κ3) is 3.92. The molecule has 2 fully saturated rings. The minimum absolute atomic E-state index is 0.0670. The molecule has 2 bridgehead atoms. The Balaban J connectivity index is 1.49. The van der Waals surface area contributed by atoms with E-state index >= 15 is 0 Å². The Morgan fingerprint density at radius 3 is 2.74 bits per heavy atom. The van der Waals surface area contributed by atoms with Gasteiger partial charge in [0.15, 0.2) is 0 Å². The maximum absolute atomic E-state index is 12.2. The summed E-state index contributed by atoms with van der Waals surface area (Å²) in [5.41, 5.74) is 1.61. The Morgan fingerprint density at radius 1 is 1.17 bits per heavy atom. The molecule has 4 heteroatoms. The molecule has 0 aliphatic heterocycles. The summed E-state index contributed by atoms with van der Waals surface area (Å²) in [7, 11) is 0. The van der Waals surface area contributed by atoms with Crippen molar-refractivity contribution in [1.82, 2.24) is 10.6 Å². The van der Waals surface area contributed by atoms with E-state index in [4.69, 9.17) is 0 Å². The van der Waals surface area contributed by atoms with Gasteiger partial charge in [-0.2, -0.15) is 0 Å². The van der Waals surface area contributed by atoms with E-state index in [0.717, 1.165) is 17.4 Å². The Hall–Kier alpha value is -1.84. The lowest BCUT2D eigenvalue weighted by atomic mass is 9.86. The first-order valence-electron chi connectivity index (χ1n) is 8.79. The van der Waals surface area contributed by atoms with E-state index in [1.165, 1.54) is 25.7 Å². The zero-order valence-corrected chi connectivity index (χ0v) is 13.8. The van der Waals surface area contributed by atoms with Gasteiger partial charge in [-0.3, -0.25) is 9.59 Å². The highest BCUT2D eigenvalue weighted by Crippen LogP contribution is 2.49. The molecule has 23 heavy (non-hydrogen) atoms. The Kier molecular flexibility index (Phi) is 4.99. The van der Waals surface area contributed by atoms with Gasteiger partial charge >= 0.3 is 0 Å². The molecule has 0 saturated heterocycles. The normalized spacial score (nSPS) is 25.3. The summed E-state index contributed by atoms with van der Waals surface area (Å²) in [6.07, 6.45) is 5.93. The van der Waals surface area contributed by atoms with Crippen molar-refractivity contribution in [3.8, 4) is 0 Å². The van der Waals surface area contributed by atoms with Crippen LogP contribution in [-0.2, 0) is 11.3 Å². The second kappa shape index (κ2) is 7.16. The lowest BCUT2D eigenvalue weighted by Gasteiger charge is -2.20. The second-order valence-corrected chi connectivity index (χ2v) is 6.98. The highest BCUT2D eigenvalue weighted by atomic mass is 16.2. The number of fused-ring (bicyclic) bond motifs is 2. The maximum atomic E-state index is 12.2. The molecular weight excluding hydrogens is 288 g/mol. The van der Waals surface area contributed by atoms with Crippen LogP contribution in [0.5, 0.6) is 0 Å². The third-order valence-corrected chi connectivity index (χ3v) is 5.35. The molecule has 0 unspecified atom stereocenters. The average molecular weight is 314 g/mol. The van der Waals surface area contributed by atoms with Gasteiger partial charge in [0.25, 0.3) is 5.91 Å². The first-order chi connectivity index (χ1) is 11.2. The van der Waals surface area contributed by atoms with Crippen molar-refractivity contribution in [1.29, 1.82) is 0 Å². The SMILES string of the molecule is CCNC(=O)c1cccc(CNC(=O)C[C@H]2C[C@H]3CC[C@@H]2C3)c1. The first-order valence-corrected chi connectivity index (χ1v) is 8.79. The fourth-order valence-corrected chi connectivity index (χ4v) is 4.22. The van der Waals surface area contributed by atoms with Crippen LogP contribution in [0.1, 0.15) is 54.9 Å². The molecule has 0 radical (unpaired) electrons. The monoisotopic (exact) mass is 314 g/mol. The summed E-state index contributed by atoms with van der Waals surface area (Å²) in [6, 6.07) is 7.46. The van der Waals surface area contributed by atoms with E-state index in [0.29, 0.717) is 31.0 Å². The molecule has 2 saturated carbocycles. The van der Waals surface area contributed by atoms with Crippen LogP contribution in [0, 0.1) is 17.8 Å². The Labute approximate surface area is 138 Å². The van der Waals surface area contributed by atoms with Gasteiger partial charge in [-0.25, -0.2) is 0 Å². The zero-order chi connectivity index (χ0) is 16.2. The van der Waals surface area contributed by atoms with Crippen LogP contribution >= 0.6 is 0 Å². The van der Waals surface area contributed by atoms with Crippen molar-refractivity contribution < 1.29 is 9.59 Å². The van der Waals surface area contributed by atoms with Crippen molar-refractivity contribution >= 4 is 11.8 Å². The number of hydrogen-bond acceptors (Lipinski definition) is 2. The van der Waals surface area contributed by atoms with E-state index in [2.05, 4.69) is 10.6 Å². The smallest absolute Gasteiger partial charge is 0.251 e. The van der Waals surface area contributed by atoms with Crippen molar-refractivity contribution in [3.63, 3.8) is 0 Å². The number of carbonyl (C=O) groups excluding carboxylic acids is 2. The number of nitrogens with one attached hydrogen (secondary N) is 2. The van der Waals surface area contributed by atoms with Crippen molar-refractivity contribution in [2.45, 2.75) is 45.6 Å². The highest BCUT2D eigenvalue weighted by Gasteiger charge is 2.39. The van der Waals surface area contributed by atoms with E-state index in [-0.39, 0.29) is 11.8 Å². The van der Waals surface area contributed by atoms with Crippen molar-refractivity contribution in [3.05, 3.63) is 35.4 Å². The van der Waals surface area contributed by atoms with Crippen LogP contribution in [0.4, 0.5) is 0 Å². The first kappa shape index (κ1) is 16.0. The molecule has 3 atom stereocenters. The van der Waals surface area contributed by atoms with Crippen molar-refractivity contribution in [2.75, 3.05) is 6.54 Å². The lowest BCUT2D eigenvalue weighted by molar-refractivity contribution is -0.122. The molecule has 2 N–H and O–H groups in total. The van der Waals surface area contributed by atoms with Crippen molar-refractivity contribution in [2.24, 2.45) is 17.8 Å². The minimum atomic E-state index is -0.0670. The van der Waals surface area contributed by atoms with E-state index < -0.39 is 0 Å². The molecule has 3 rings (SSSR count). The van der Waals surface area contributed by atoms with E-state index in [1.807, 2.05) is 25.1 Å². The summed E-state index contributed by atoms with van der Waals surface area (Å²) in [4.78, 5) is 24.0. The summed E-state index contributed by atoms with van der Waals surface area (Å²) >= 11 is 0. The fraction of sp³-hybridized carbons (Fsp3) is 0.579. The second-order valence-electron chi connectivity index (χ2n) is 6.98. The van der Waals surface area contributed by atoms with E-state index in [9.17, 15) is 9.59 Å². The number of carbonyl (C=O) groups is 2. The summed E-state index contributed by atoms with van der Waals surface area (Å²) in [5, 5.41) is 5.80. The number of hydrogen-bond donors (Lipinski definition) is 2. The molecule has 0 aromatic heterocycles. The number of amides is 2. The molecule has 4 nitrogen and oxygen atoms in total. The summed E-state index contributed by atoms with van der Waals surface area (Å²) in [6.45, 7) is 3.01. The summed E-state index contributed by atoms with van der Waals surface area (Å²) in [5.74, 6) is 2.34. The Morgan fingerprint density at radius 2 is 2.04 bits per heavy atom. The minimum Gasteiger partial charge on any atom is -0.352 e. The zero-order valence-electron chi connectivity index (χ0n) is 13.8. The molecule has 1 aromatic carbocycles. The number of rotatable bonds is 6. The van der Waals surface area contributed by atoms with Crippen LogP contribution in [-0.4, -0.2) is 18.4 Å². The largest absolute Gasteiger partial charge is 0.352 e. The molecule has 1 aromatic rings. The molecule has 0 spiro atoms. The van der Waals surface area contributed by atoms with Gasteiger partial charge in [0.1, 0.15) is 0 Å². The van der Waals surface area contributed by atoms with E-state index in [1.54, 1.807) is 6.07 Å². The predicted molar refractivity (Wildman–Crippen MR) is 89.9 cm³/mol. The molecule has 2 aliphatic rings. The Bertz CT molecular complexity index is 584. The molecule has 124 valence electrons. The summed E-state index contributed by atoms with van der Waals surface area (Å²) < 4.78 is 0. The van der Waals surface area contributed by atoms with Gasteiger partial charge in [-0.05, 0) is 61.6 Å². The van der Waals surface area contributed by atoms with Crippen LogP contribution in [0.15, 0.2) is 24.3 Å². The van der Waals surface area contributed by atoms with Gasteiger partial charge in [0.05, 0.1) is 0 Å². The molecule has 0 heterocycles. The lowest BCUT2D eigenvalue weighted by Crippen LogP contribution is -2.27. The van der Waals surface area contributed by atoms with Crippen LogP contribution in [0.3, 0.4) is 0 Å². The molecular formula is C19H26N2O2. The molecule has 2 aliphatic carbocycles. The molecule has 2 amide bonds. The van der Waals surface area contributed by atoms with Gasteiger partial charge in [-0.15, -0.1) is 0 Å². The third-order valence-electron chi connectivity index (χ3n) is 5.35. The van der Waals surface area contributed by atoms with Gasteiger partial charge in [-0.1, -0.05) is 18.6 Å². The van der Waals surface area contributed by atoms with Gasteiger partial charge in [0.2, 0.25) is 5.91 Å². The highest BCUT2D eigenvalue weighted by molar-refractivity contribution is 5.94. The topological polar surface area (TPSA) is 58.2 Å². The quantitative estimate of drug-likeness (QED) is 0.848. The van der Waals surface area contributed by atoms with Crippen LogP contribution in [0.25, 0.3) is 0 Å². The van der Waals surface area contributed by atoms with Gasteiger partial charge < -0.3 is 10.6 Å². The van der Waals surface area contributed by atoms with Crippen LogP contribution < -0.4 is 10.6 Å². The number of benzene rings is 1. The fourth-order valence-electron chi connectivity index (χ4n) is 4.22. The average Bonchev–Trinajstić information content (AvgIpc) is 3.16. The van der Waals surface area contributed by atoms with Crippen LogP contribution in [0.2, 0.25) is 0 Å². The standard InChI is InChI=1S/C19H26N2O2/c1-2-20-19(23)16-5-3-4-14(10-16)12-21-18(22)11-17-9-13-6-7-15(17)8-13/h3-5,10,13,15,17H,2,6-9,11-12H2,1H3,(H,20,23)(H,21,22)/t13-,15+,17+/m0/s1.